The van der Waals surface area contributed by atoms with Crippen molar-refractivity contribution >= 4 is 0 Å². The van der Waals surface area contributed by atoms with Gasteiger partial charge in [-0.2, -0.15) is 13.2 Å². The van der Waals surface area contributed by atoms with Gasteiger partial charge in [0.05, 0.1) is 5.56 Å². The Hall–Kier alpha value is -1.07. The molecule has 0 bridgehead atoms. The molecule has 0 spiro atoms. The molecule has 0 aromatic heterocycles. The van der Waals surface area contributed by atoms with Gasteiger partial charge in [0, 0.05) is 18.6 Å². The molecule has 0 heterocycles. The average molecular weight is 286 g/mol. The lowest BCUT2D eigenvalue weighted by atomic mass is 10.0. The zero-order valence-electron chi connectivity index (χ0n) is 11.7. The maximum atomic E-state index is 12.6. The van der Waals surface area contributed by atoms with Crippen molar-refractivity contribution in [3.63, 3.8) is 0 Å². The van der Waals surface area contributed by atoms with Gasteiger partial charge in [-0.05, 0) is 37.6 Å². The Morgan fingerprint density at radius 3 is 2.20 bits per heavy atom. The fourth-order valence-corrected chi connectivity index (χ4v) is 3.00. The van der Waals surface area contributed by atoms with E-state index in [0.717, 1.165) is 30.5 Å². The number of benzene rings is 1. The van der Waals surface area contributed by atoms with E-state index >= 15 is 0 Å². The SMILES string of the molecule is CN(C1CCCC1)C(CN)c1ccc(C(F)(F)F)cc1. The lowest BCUT2D eigenvalue weighted by Crippen LogP contribution is -2.37. The van der Waals surface area contributed by atoms with Crippen LogP contribution in [-0.4, -0.2) is 24.5 Å². The minimum atomic E-state index is -4.28. The summed E-state index contributed by atoms with van der Waals surface area (Å²) in [6.45, 7) is 0.415. The molecule has 20 heavy (non-hydrogen) atoms. The van der Waals surface area contributed by atoms with Crippen LogP contribution in [0.1, 0.15) is 42.9 Å². The summed E-state index contributed by atoms with van der Waals surface area (Å²) in [7, 11) is 2.02. The second-order valence-corrected chi connectivity index (χ2v) is 5.48. The molecule has 1 unspecified atom stereocenters. The molecule has 5 heteroatoms. The highest BCUT2D eigenvalue weighted by atomic mass is 19.4. The molecule has 2 N–H and O–H groups in total. The number of hydrogen-bond donors (Lipinski definition) is 1. The van der Waals surface area contributed by atoms with Crippen molar-refractivity contribution < 1.29 is 13.2 Å². The van der Waals surface area contributed by atoms with Crippen LogP contribution < -0.4 is 5.73 Å². The summed E-state index contributed by atoms with van der Waals surface area (Å²) in [5.74, 6) is 0. The van der Waals surface area contributed by atoms with Crippen molar-refractivity contribution in [1.82, 2.24) is 4.90 Å². The van der Waals surface area contributed by atoms with E-state index in [2.05, 4.69) is 4.90 Å². The molecule has 2 nitrogen and oxygen atoms in total. The molecule has 0 saturated heterocycles. The molecule has 1 saturated carbocycles. The third-order valence-electron chi connectivity index (χ3n) is 4.24. The van der Waals surface area contributed by atoms with Crippen LogP contribution in [0.4, 0.5) is 13.2 Å². The zero-order valence-corrected chi connectivity index (χ0v) is 11.7. The van der Waals surface area contributed by atoms with Crippen molar-refractivity contribution in [3.05, 3.63) is 35.4 Å². The molecule has 1 aliphatic carbocycles. The summed E-state index contributed by atoms with van der Waals surface area (Å²) in [5, 5.41) is 0. The van der Waals surface area contributed by atoms with Gasteiger partial charge in [0.25, 0.3) is 0 Å². The van der Waals surface area contributed by atoms with E-state index in [1.807, 2.05) is 7.05 Å². The maximum absolute atomic E-state index is 12.6. The van der Waals surface area contributed by atoms with E-state index in [-0.39, 0.29) is 6.04 Å². The molecule has 1 aromatic carbocycles. The Kier molecular flexibility index (Phi) is 4.70. The maximum Gasteiger partial charge on any atom is 0.416 e. The molecule has 0 radical (unpaired) electrons. The van der Waals surface area contributed by atoms with Crippen LogP contribution in [0.15, 0.2) is 24.3 Å². The Labute approximate surface area is 117 Å². The zero-order chi connectivity index (χ0) is 14.8. The van der Waals surface area contributed by atoms with Crippen molar-refractivity contribution in [2.75, 3.05) is 13.6 Å². The predicted molar refractivity (Wildman–Crippen MR) is 73.3 cm³/mol. The molecule has 112 valence electrons. The first-order chi connectivity index (χ1) is 9.43. The molecule has 2 rings (SSSR count). The van der Waals surface area contributed by atoms with Gasteiger partial charge in [-0.1, -0.05) is 25.0 Å². The van der Waals surface area contributed by atoms with Gasteiger partial charge >= 0.3 is 6.18 Å². The Bertz CT molecular complexity index is 422. The predicted octanol–water partition coefficient (Wildman–Crippen LogP) is 3.58. The van der Waals surface area contributed by atoms with Crippen molar-refractivity contribution in [2.24, 2.45) is 5.73 Å². The van der Waals surface area contributed by atoms with E-state index in [1.54, 1.807) is 12.1 Å². The normalized spacial score (nSPS) is 18.7. The lowest BCUT2D eigenvalue weighted by molar-refractivity contribution is -0.137. The van der Waals surface area contributed by atoms with Crippen molar-refractivity contribution in [3.8, 4) is 0 Å². The van der Waals surface area contributed by atoms with Crippen LogP contribution in [0.2, 0.25) is 0 Å². The fourth-order valence-electron chi connectivity index (χ4n) is 3.00. The number of rotatable bonds is 4. The number of hydrogen-bond acceptors (Lipinski definition) is 2. The summed E-state index contributed by atoms with van der Waals surface area (Å²) in [6, 6.07) is 5.85. The van der Waals surface area contributed by atoms with E-state index in [1.165, 1.54) is 12.8 Å². The molecule has 1 fully saturated rings. The lowest BCUT2D eigenvalue weighted by Gasteiger charge is -2.32. The summed E-state index contributed by atoms with van der Waals surface area (Å²) in [6.07, 6.45) is 0.452. The number of nitrogens with two attached hydrogens (primary N) is 1. The number of alkyl halides is 3. The second kappa shape index (κ2) is 6.14. The first-order valence-electron chi connectivity index (χ1n) is 7.02. The minimum Gasteiger partial charge on any atom is -0.329 e. The van der Waals surface area contributed by atoms with E-state index in [9.17, 15) is 13.2 Å². The second-order valence-electron chi connectivity index (χ2n) is 5.48. The summed E-state index contributed by atoms with van der Waals surface area (Å²) < 4.78 is 37.7. The number of likely N-dealkylation sites (N-methyl/N-ethyl adjacent to an activating group) is 1. The molecule has 1 aromatic rings. The van der Waals surface area contributed by atoms with Crippen LogP contribution in [0.5, 0.6) is 0 Å². The smallest absolute Gasteiger partial charge is 0.329 e. The van der Waals surface area contributed by atoms with Crippen LogP contribution in [0, 0.1) is 0 Å². The Morgan fingerprint density at radius 1 is 1.20 bits per heavy atom. The van der Waals surface area contributed by atoms with Gasteiger partial charge in [0.1, 0.15) is 0 Å². The Morgan fingerprint density at radius 2 is 1.75 bits per heavy atom. The Balaban J connectivity index is 2.14. The largest absolute Gasteiger partial charge is 0.416 e. The van der Waals surface area contributed by atoms with Gasteiger partial charge in [-0.25, -0.2) is 0 Å². The van der Waals surface area contributed by atoms with Crippen LogP contribution in [-0.2, 0) is 6.18 Å². The quantitative estimate of drug-likeness (QED) is 0.916. The first-order valence-corrected chi connectivity index (χ1v) is 7.02. The van der Waals surface area contributed by atoms with E-state index < -0.39 is 11.7 Å². The molecule has 0 amide bonds. The first kappa shape index (κ1) is 15.3. The van der Waals surface area contributed by atoms with Gasteiger partial charge < -0.3 is 5.73 Å². The molecular weight excluding hydrogens is 265 g/mol. The number of halogens is 3. The van der Waals surface area contributed by atoms with Gasteiger partial charge in [-0.15, -0.1) is 0 Å². The third kappa shape index (κ3) is 3.33. The molecule has 1 aliphatic rings. The van der Waals surface area contributed by atoms with Crippen LogP contribution in [0.3, 0.4) is 0 Å². The highest BCUT2D eigenvalue weighted by molar-refractivity contribution is 5.27. The molecule has 1 atom stereocenters. The summed E-state index contributed by atoms with van der Waals surface area (Å²) in [5.41, 5.74) is 6.08. The van der Waals surface area contributed by atoms with Gasteiger partial charge in [0.15, 0.2) is 0 Å². The van der Waals surface area contributed by atoms with Crippen molar-refractivity contribution in [1.29, 1.82) is 0 Å². The van der Waals surface area contributed by atoms with Crippen molar-refractivity contribution in [2.45, 2.75) is 43.9 Å². The van der Waals surface area contributed by atoms with E-state index in [0.29, 0.717) is 12.6 Å². The van der Waals surface area contributed by atoms with Gasteiger partial charge in [-0.3, -0.25) is 4.90 Å². The van der Waals surface area contributed by atoms with E-state index in [4.69, 9.17) is 5.73 Å². The molecule has 0 aliphatic heterocycles. The average Bonchev–Trinajstić information content (AvgIpc) is 2.93. The third-order valence-corrected chi connectivity index (χ3v) is 4.24. The van der Waals surface area contributed by atoms with Gasteiger partial charge in [0.2, 0.25) is 0 Å². The van der Waals surface area contributed by atoms with Crippen LogP contribution >= 0.6 is 0 Å². The standard InChI is InChI=1S/C15H21F3N2/c1-20(13-4-2-3-5-13)14(10-19)11-6-8-12(9-7-11)15(16,17)18/h6-9,13-14H,2-5,10,19H2,1H3. The highest BCUT2D eigenvalue weighted by Crippen LogP contribution is 2.32. The molecular formula is C15H21F3N2. The summed E-state index contributed by atoms with van der Waals surface area (Å²) in [4.78, 5) is 2.22. The highest BCUT2D eigenvalue weighted by Gasteiger charge is 2.31. The minimum absolute atomic E-state index is 0.0135. The van der Waals surface area contributed by atoms with Crippen LogP contribution in [0.25, 0.3) is 0 Å². The topological polar surface area (TPSA) is 29.3 Å². The summed E-state index contributed by atoms with van der Waals surface area (Å²) >= 11 is 0. The number of nitrogens with zero attached hydrogens (tertiary/aromatic N) is 1. The fraction of sp³-hybridized carbons (Fsp3) is 0.600. The monoisotopic (exact) mass is 286 g/mol.